The average molecular weight is 279 g/mol. The molecule has 1 aromatic rings. The molecule has 1 aliphatic heterocycles. The van der Waals surface area contributed by atoms with E-state index in [1.165, 1.54) is 7.11 Å². The predicted molar refractivity (Wildman–Crippen MR) is 75.0 cm³/mol. The molecule has 0 aliphatic carbocycles. The minimum atomic E-state index is -0.760. The summed E-state index contributed by atoms with van der Waals surface area (Å²) in [5.74, 6) is -0.240. The number of benzene rings is 1. The molecule has 0 spiro atoms. The summed E-state index contributed by atoms with van der Waals surface area (Å²) >= 11 is 0. The molecule has 110 valence electrons. The van der Waals surface area contributed by atoms with E-state index in [1.54, 1.807) is 12.1 Å². The summed E-state index contributed by atoms with van der Waals surface area (Å²) in [6.07, 6.45) is 3.75. The Morgan fingerprint density at radius 3 is 2.85 bits per heavy atom. The van der Waals surface area contributed by atoms with Crippen LogP contribution in [0.3, 0.4) is 0 Å². The van der Waals surface area contributed by atoms with Crippen molar-refractivity contribution in [3.8, 4) is 11.5 Å². The van der Waals surface area contributed by atoms with Gasteiger partial charge in [-0.05, 0) is 37.1 Å². The van der Waals surface area contributed by atoms with Crippen LogP contribution in [-0.4, -0.2) is 40.8 Å². The SMILES string of the molecule is COc1ccc(CN2CCCCCC2C(=O)O)cc1O. The number of carboxylic acids is 1. The number of ether oxygens (including phenoxy) is 1. The maximum atomic E-state index is 11.4. The molecule has 20 heavy (non-hydrogen) atoms. The van der Waals surface area contributed by atoms with Crippen LogP contribution in [0.2, 0.25) is 0 Å². The van der Waals surface area contributed by atoms with Crippen LogP contribution in [0.1, 0.15) is 31.2 Å². The lowest BCUT2D eigenvalue weighted by atomic mass is 10.1. The fourth-order valence-corrected chi connectivity index (χ4v) is 2.71. The second kappa shape index (κ2) is 6.61. The number of nitrogens with zero attached hydrogens (tertiary/aromatic N) is 1. The fourth-order valence-electron chi connectivity index (χ4n) is 2.71. The van der Waals surface area contributed by atoms with Gasteiger partial charge in [0.15, 0.2) is 11.5 Å². The Labute approximate surface area is 118 Å². The summed E-state index contributed by atoms with van der Waals surface area (Å²) in [6.45, 7) is 1.32. The third-order valence-corrected chi connectivity index (χ3v) is 3.78. The molecule has 0 aromatic heterocycles. The lowest BCUT2D eigenvalue weighted by Gasteiger charge is -2.26. The van der Waals surface area contributed by atoms with Crippen LogP contribution < -0.4 is 4.74 Å². The zero-order valence-corrected chi connectivity index (χ0v) is 11.7. The Morgan fingerprint density at radius 2 is 2.20 bits per heavy atom. The summed E-state index contributed by atoms with van der Waals surface area (Å²) in [6, 6.07) is 4.78. The molecule has 2 rings (SSSR count). The van der Waals surface area contributed by atoms with Gasteiger partial charge in [0.25, 0.3) is 0 Å². The van der Waals surface area contributed by atoms with Crippen molar-refractivity contribution in [3.05, 3.63) is 23.8 Å². The van der Waals surface area contributed by atoms with Crippen molar-refractivity contribution >= 4 is 5.97 Å². The van der Waals surface area contributed by atoms with Gasteiger partial charge in [0, 0.05) is 6.54 Å². The van der Waals surface area contributed by atoms with Gasteiger partial charge in [0.2, 0.25) is 0 Å². The Bertz CT molecular complexity index is 475. The lowest BCUT2D eigenvalue weighted by molar-refractivity contribution is -0.143. The smallest absolute Gasteiger partial charge is 0.320 e. The Morgan fingerprint density at radius 1 is 1.40 bits per heavy atom. The summed E-state index contributed by atoms with van der Waals surface area (Å²) in [4.78, 5) is 13.3. The number of methoxy groups -OCH3 is 1. The van der Waals surface area contributed by atoms with Crippen LogP contribution >= 0.6 is 0 Å². The van der Waals surface area contributed by atoms with Crippen molar-refractivity contribution in [3.63, 3.8) is 0 Å². The van der Waals surface area contributed by atoms with Crippen LogP contribution in [0, 0.1) is 0 Å². The van der Waals surface area contributed by atoms with Crippen LogP contribution in [0.15, 0.2) is 18.2 Å². The number of carboxylic acid groups (broad SMARTS) is 1. The van der Waals surface area contributed by atoms with Gasteiger partial charge in [0.1, 0.15) is 6.04 Å². The topological polar surface area (TPSA) is 70.0 Å². The third kappa shape index (κ3) is 3.42. The van der Waals surface area contributed by atoms with Crippen LogP contribution in [0.4, 0.5) is 0 Å². The van der Waals surface area contributed by atoms with E-state index in [2.05, 4.69) is 0 Å². The number of carbonyl (C=O) groups is 1. The minimum absolute atomic E-state index is 0.0895. The summed E-state index contributed by atoms with van der Waals surface area (Å²) in [5.41, 5.74) is 0.899. The van der Waals surface area contributed by atoms with E-state index in [4.69, 9.17) is 4.74 Å². The molecule has 0 radical (unpaired) electrons. The number of hydrogen-bond donors (Lipinski definition) is 2. The lowest BCUT2D eigenvalue weighted by Crippen LogP contribution is -2.40. The molecule has 0 bridgehead atoms. The van der Waals surface area contributed by atoms with Gasteiger partial charge in [-0.2, -0.15) is 0 Å². The zero-order valence-electron chi connectivity index (χ0n) is 11.7. The maximum absolute atomic E-state index is 11.4. The van der Waals surface area contributed by atoms with Crippen molar-refractivity contribution in [2.24, 2.45) is 0 Å². The second-order valence-electron chi connectivity index (χ2n) is 5.18. The van der Waals surface area contributed by atoms with E-state index in [-0.39, 0.29) is 5.75 Å². The summed E-state index contributed by atoms with van der Waals surface area (Å²) in [5, 5.41) is 19.1. The van der Waals surface area contributed by atoms with E-state index in [0.29, 0.717) is 18.7 Å². The molecule has 5 heteroatoms. The van der Waals surface area contributed by atoms with E-state index >= 15 is 0 Å². The highest BCUT2D eigenvalue weighted by molar-refractivity contribution is 5.73. The number of aromatic hydroxyl groups is 1. The Balaban J connectivity index is 2.13. The molecule has 1 saturated heterocycles. The molecule has 5 nitrogen and oxygen atoms in total. The second-order valence-corrected chi connectivity index (χ2v) is 5.18. The number of rotatable bonds is 4. The molecule has 1 aliphatic rings. The first kappa shape index (κ1) is 14.7. The van der Waals surface area contributed by atoms with Gasteiger partial charge in [-0.25, -0.2) is 0 Å². The Kier molecular flexibility index (Phi) is 4.84. The summed E-state index contributed by atoms with van der Waals surface area (Å²) < 4.78 is 5.01. The number of phenolic OH excluding ortho intramolecular Hbond substituents is 1. The van der Waals surface area contributed by atoms with Gasteiger partial charge in [0.05, 0.1) is 7.11 Å². The molecule has 0 saturated carbocycles. The van der Waals surface area contributed by atoms with E-state index < -0.39 is 12.0 Å². The number of phenols is 1. The average Bonchev–Trinajstić information content (AvgIpc) is 2.64. The predicted octanol–water partition coefficient (Wildman–Crippen LogP) is 2.23. The number of aliphatic carboxylic acids is 1. The first-order valence-corrected chi connectivity index (χ1v) is 6.94. The van der Waals surface area contributed by atoms with Crippen molar-refractivity contribution in [2.75, 3.05) is 13.7 Å². The molecule has 2 N–H and O–H groups in total. The molecule has 1 atom stereocenters. The summed E-state index contributed by atoms with van der Waals surface area (Å²) in [7, 11) is 1.50. The van der Waals surface area contributed by atoms with E-state index in [0.717, 1.165) is 31.4 Å². The minimum Gasteiger partial charge on any atom is -0.504 e. The fraction of sp³-hybridized carbons (Fsp3) is 0.533. The van der Waals surface area contributed by atoms with Crippen molar-refractivity contribution in [1.82, 2.24) is 4.90 Å². The largest absolute Gasteiger partial charge is 0.504 e. The normalized spacial score (nSPS) is 20.4. The van der Waals surface area contributed by atoms with Crippen LogP contribution in [0.25, 0.3) is 0 Å². The first-order chi connectivity index (χ1) is 9.61. The maximum Gasteiger partial charge on any atom is 0.320 e. The van der Waals surface area contributed by atoms with Gasteiger partial charge in [-0.1, -0.05) is 18.9 Å². The molecule has 0 amide bonds. The van der Waals surface area contributed by atoms with Crippen LogP contribution in [0.5, 0.6) is 11.5 Å². The molecule has 1 heterocycles. The Hall–Kier alpha value is -1.75. The third-order valence-electron chi connectivity index (χ3n) is 3.78. The molecular formula is C15H21NO4. The van der Waals surface area contributed by atoms with Crippen molar-refractivity contribution in [1.29, 1.82) is 0 Å². The van der Waals surface area contributed by atoms with Crippen LogP contribution in [-0.2, 0) is 11.3 Å². The van der Waals surface area contributed by atoms with Crippen molar-refractivity contribution < 1.29 is 19.7 Å². The number of hydrogen-bond acceptors (Lipinski definition) is 4. The molecule has 1 fully saturated rings. The van der Waals surface area contributed by atoms with Gasteiger partial charge < -0.3 is 14.9 Å². The molecular weight excluding hydrogens is 258 g/mol. The van der Waals surface area contributed by atoms with Gasteiger partial charge in [-0.15, -0.1) is 0 Å². The molecule has 1 aromatic carbocycles. The van der Waals surface area contributed by atoms with Gasteiger partial charge in [-0.3, -0.25) is 9.69 Å². The van der Waals surface area contributed by atoms with E-state index in [1.807, 2.05) is 11.0 Å². The monoisotopic (exact) mass is 279 g/mol. The zero-order chi connectivity index (χ0) is 14.5. The highest BCUT2D eigenvalue weighted by Gasteiger charge is 2.27. The van der Waals surface area contributed by atoms with Crippen molar-refractivity contribution in [2.45, 2.75) is 38.3 Å². The quantitative estimate of drug-likeness (QED) is 0.884. The highest BCUT2D eigenvalue weighted by Crippen LogP contribution is 2.28. The first-order valence-electron chi connectivity index (χ1n) is 6.94. The van der Waals surface area contributed by atoms with E-state index in [9.17, 15) is 15.0 Å². The highest BCUT2D eigenvalue weighted by atomic mass is 16.5. The molecule has 1 unspecified atom stereocenters. The number of likely N-dealkylation sites (tertiary alicyclic amines) is 1. The standard InChI is InChI=1S/C15H21NO4/c1-20-14-7-6-11(9-13(14)17)10-16-8-4-2-3-5-12(16)15(18)19/h6-7,9,12,17H,2-5,8,10H2,1H3,(H,18,19). The van der Waals surface area contributed by atoms with Gasteiger partial charge >= 0.3 is 5.97 Å².